The summed E-state index contributed by atoms with van der Waals surface area (Å²) in [5, 5.41) is 2.99. The number of nitrogens with zero attached hydrogens (tertiary/aromatic N) is 1. The number of likely N-dealkylation sites (N-methyl/N-ethyl adjacent to an activating group) is 1. The molecule has 0 aliphatic rings. The van der Waals surface area contributed by atoms with E-state index >= 15 is 0 Å². The number of rotatable bonds is 48. The van der Waals surface area contributed by atoms with Gasteiger partial charge in [-0.15, -0.1) is 0 Å². The lowest BCUT2D eigenvalue weighted by molar-refractivity contribution is -0.870. The van der Waals surface area contributed by atoms with Crippen LogP contribution in [0.15, 0.2) is 97.2 Å². The number of hydrogen-bond acceptors (Lipinski definition) is 6. The molecule has 0 aliphatic carbocycles. The van der Waals surface area contributed by atoms with E-state index < -0.39 is 20.0 Å². The average molecular weight is 984 g/mol. The molecule has 0 fully saturated rings. The van der Waals surface area contributed by atoms with E-state index in [0.717, 1.165) is 96.3 Å². The number of hydrogen-bond donors (Lipinski definition) is 2. The highest BCUT2D eigenvalue weighted by Crippen LogP contribution is 2.43. The molecule has 0 aromatic rings. The fourth-order valence-electron chi connectivity index (χ4n) is 7.32. The predicted molar refractivity (Wildman–Crippen MR) is 295 cm³/mol. The van der Waals surface area contributed by atoms with Crippen LogP contribution in [-0.4, -0.2) is 74.3 Å². The maximum atomic E-state index is 13.4. The third-order valence-electron chi connectivity index (χ3n) is 11.5. The molecule has 0 saturated heterocycles. The number of quaternary nitrogens is 1. The third kappa shape index (κ3) is 49.7. The van der Waals surface area contributed by atoms with Crippen LogP contribution < -0.4 is 5.32 Å². The van der Waals surface area contributed by atoms with Gasteiger partial charge in [0.25, 0.3) is 0 Å². The lowest BCUT2D eigenvalue weighted by Gasteiger charge is -2.27. The highest BCUT2D eigenvalue weighted by Gasteiger charge is 2.30. The first-order valence-corrected chi connectivity index (χ1v) is 29.1. The summed E-state index contributed by atoms with van der Waals surface area (Å²) >= 11 is 0. The SMILES string of the molecule is CC/C=C/C/C=C/C/C=C/C/C=C/C/C=C/CCC(=O)NC(COP(=O)(O)OCC[N+](C)(C)C)C(/C=C/CCCCCCCCCCCCC)OC(=O)CCCCCCCCC/C=C/C/C=C/CC. The molecule has 0 aliphatic heterocycles. The van der Waals surface area contributed by atoms with Gasteiger partial charge in [0, 0.05) is 12.8 Å². The fraction of sp³-hybridized carbons (Fsp3) is 0.695. The summed E-state index contributed by atoms with van der Waals surface area (Å²) in [6.07, 6.45) is 64.2. The minimum absolute atomic E-state index is 0.0212. The summed E-state index contributed by atoms with van der Waals surface area (Å²) in [6, 6.07) is -0.895. The van der Waals surface area contributed by atoms with Crippen LogP contribution in [0.3, 0.4) is 0 Å². The zero-order chi connectivity index (χ0) is 50.8. The molecule has 2 N–H and O–H groups in total. The Morgan fingerprint density at radius 3 is 1.42 bits per heavy atom. The first-order valence-electron chi connectivity index (χ1n) is 27.6. The molecule has 10 heteroatoms. The molecule has 0 saturated carbocycles. The number of allylic oxidation sites excluding steroid dienone is 15. The van der Waals surface area contributed by atoms with Gasteiger partial charge in [-0.05, 0) is 89.5 Å². The first kappa shape index (κ1) is 65.9. The van der Waals surface area contributed by atoms with E-state index in [-0.39, 0.29) is 37.9 Å². The summed E-state index contributed by atoms with van der Waals surface area (Å²) in [7, 11) is 1.43. The van der Waals surface area contributed by atoms with E-state index in [0.29, 0.717) is 17.4 Å². The number of amides is 1. The van der Waals surface area contributed by atoms with Crippen molar-refractivity contribution in [1.29, 1.82) is 0 Å². The number of esters is 1. The molecular formula is C59H104N2O7P+. The largest absolute Gasteiger partial charge is 0.472 e. The predicted octanol–water partition coefficient (Wildman–Crippen LogP) is 16.4. The van der Waals surface area contributed by atoms with E-state index in [1.165, 1.54) is 77.0 Å². The van der Waals surface area contributed by atoms with Gasteiger partial charge in [-0.3, -0.25) is 18.6 Å². The quantitative estimate of drug-likeness (QED) is 0.0205. The Labute approximate surface area is 424 Å². The van der Waals surface area contributed by atoms with Gasteiger partial charge in [-0.2, -0.15) is 0 Å². The van der Waals surface area contributed by atoms with E-state index in [2.05, 4.69) is 99.0 Å². The highest BCUT2D eigenvalue weighted by molar-refractivity contribution is 7.47. The van der Waals surface area contributed by atoms with Gasteiger partial charge in [-0.1, -0.05) is 208 Å². The van der Waals surface area contributed by atoms with Crippen LogP contribution >= 0.6 is 7.82 Å². The Morgan fingerprint density at radius 1 is 0.522 bits per heavy atom. The zero-order valence-electron chi connectivity index (χ0n) is 45.0. The standard InChI is InChI=1S/C59H103N2O7P/c1-7-10-13-16-19-22-25-28-30-31-33-36-39-42-45-48-51-58(62)60-56(55-67-69(64,65)66-54-53-61(4,5)6)57(50-47-44-41-38-35-32-27-24-21-18-15-12-9-3)68-59(63)52-49-46-43-40-37-34-29-26-23-20-17-14-11-8-2/h10-11,13-14,19-20,22-23,28,30,33,36,42,45,47,50,56-57H,7-9,12,15-18,21,24-27,29,31-32,34-35,37-41,43-44,46,48-49,51-55H2,1-6H3,(H-,60,62,64,65)/p+1/b13-10+,14-11+,22-19+,23-20+,30-28+,36-33+,45-42+,50-47+. The minimum atomic E-state index is -4.47. The summed E-state index contributed by atoms with van der Waals surface area (Å²) in [5.41, 5.74) is 0. The lowest BCUT2D eigenvalue weighted by Crippen LogP contribution is -2.47. The summed E-state index contributed by atoms with van der Waals surface area (Å²) in [6.45, 7) is 6.71. The Hall–Kier alpha value is -3.07. The molecule has 0 heterocycles. The topological polar surface area (TPSA) is 111 Å². The van der Waals surface area contributed by atoms with Crippen LogP contribution in [0, 0.1) is 0 Å². The van der Waals surface area contributed by atoms with Crippen molar-refractivity contribution in [1.82, 2.24) is 5.32 Å². The number of phosphoric ester groups is 1. The van der Waals surface area contributed by atoms with Crippen molar-refractivity contribution in [2.24, 2.45) is 0 Å². The molecule has 396 valence electrons. The summed E-state index contributed by atoms with van der Waals surface area (Å²) in [4.78, 5) is 37.5. The minimum Gasteiger partial charge on any atom is -0.456 e. The van der Waals surface area contributed by atoms with Crippen molar-refractivity contribution in [2.45, 2.75) is 226 Å². The number of phosphoric acid groups is 1. The van der Waals surface area contributed by atoms with Gasteiger partial charge in [0.1, 0.15) is 19.3 Å². The smallest absolute Gasteiger partial charge is 0.456 e. The monoisotopic (exact) mass is 984 g/mol. The van der Waals surface area contributed by atoms with Crippen molar-refractivity contribution >= 4 is 19.7 Å². The maximum absolute atomic E-state index is 13.4. The zero-order valence-corrected chi connectivity index (χ0v) is 45.9. The molecule has 0 bridgehead atoms. The molecule has 3 atom stereocenters. The number of carbonyl (C=O) groups excluding carboxylic acids is 2. The third-order valence-corrected chi connectivity index (χ3v) is 12.5. The van der Waals surface area contributed by atoms with Gasteiger partial charge in [-0.25, -0.2) is 4.57 Å². The van der Waals surface area contributed by atoms with Crippen molar-refractivity contribution in [3.8, 4) is 0 Å². The lowest BCUT2D eigenvalue weighted by atomic mass is 10.0. The number of nitrogens with one attached hydrogen (secondary N) is 1. The molecule has 0 aromatic carbocycles. The number of ether oxygens (including phenoxy) is 1. The van der Waals surface area contributed by atoms with Crippen LogP contribution in [0.5, 0.6) is 0 Å². The van der Waals surface area contributed by atoms with Crippen molar-refractivity contribution < 1.29 is 37.3 Å². The van der Waals surface area contributed by atoms with Gasteiger partial charge >= 0.3 is 13.8 Å². The Kier molecular flexibility index (Phi) is 46.4. The van der Waals surface area contributed by atoms with Crippen LogP contribution in [-0.2, 0) is 27.9 Å². The fourth-order valence-corrected chi connectivity index (χ4v) is 8.05. The Morgan fingerprint density at radius 2 is 0.942 bits per heavy atom. The van der Waals surface area contributed by atoms with Crippen LogP contribution in [0.2, 0.25) is 0 Å². The molecule has 1 amide bonds. The van der Waals surface area contributed by atoms with Crippen molar-refractivity contribution in [3.05, 3.63) is 97.2 Å². The molecule has 0 spiro atoms. The van der Waals surface area contributed by atoms with Gasteiger partial charge < -0.3 is 19.4 Å². The molecule has 0 rings (SSSR count). The second kappa shape index (κ2) is 48.6. The second-order valence-electron chi connectivity index (χ2n) is 19.3. The first-order chi connectivity index (χ1) is 33.4. The second-order valence-corrected chi connectivity index (χ2v) is 20.8. The average Bonchev–Trinajstić information content (AvgIpc) is 3.31. The molecule has 0 radical (unpaired) electrons. The van der Waals surface area contributed by atoms with Crippen LogP contribution in [0.4, 0.5) is 0 Å². The van der Waals surface area contributed by atoms with E-state index in [1.54, 1.807) is 0 Å². The molecule has 9 nitrogen and oxygen atoms in total. The Bertz CT molecular complexity index is 1510. The van der Waals surface area contributed by atoms with Crippen molar-refractivity contribution in [2.75, 3.05) is 40.9 Å². The summed E-state index contributed by atoms with van der Waals surface area (Å²) < 4.78 is 30.5. The normalized spacial score (nSPS) is 14.6. The van der Waals surface area contributed by atoms with Gasteiger partial charge in [0.15, 0.2) is 0 Å². The molecule has 3 unspecified atom stereocenters. The van der Waals surface area contributed by atoms with Crippen LogP contribution in [0.25, 0.3) is 0 Å². The molecular weight excluding hydrogens is 880 g/mol. The van der Waals surface area contributed by atoms with Gasteiger partial charge in [0.2, 0.25) is 5.91 Å². The Balaban J connectivity index is 5.54. The number of carbonyl (C=O) groups is 2. The highest BCUT2D eigenvalue weighted by atomic mass is 31.2. The van der Waals surface area contributed by atoms with E-state index in [1.807, 2.05) is 45.4 Å². The van der Waals surface area contributed by atoms with E-state index in [4.69, 9.17) is 13.8 Å². The molecule has 0 aromatic heterocycles. The maximum Gasteiger partial charge on any atom is 0.472 e. The summed E-state index contributed by atoms with van der Waals surface area (Å²) in [5.74, 6) is -0.618. The number of unbranched alkanes of at least 4 members (excludes halogenated alkanes) is 18. The van der Waals surface area contributed by atoms with Gasteiger partial charge in [0.05, 0.1) is 33.8 Å². The molecule has 69 heavy (non-hydrogen) atoms. The van der Waals surface area contributed by atoms with Crippen LogP contribution in [0.1, 0.15) is 213 Å². The van der Waals surface area contributed by atoms with E-state index in [9.17, 15) is 19.0 Å². The van der Waals surface area contributed by atoms with Crippen molar-refractivity contribution in [3.63, 3.8) is 0 Å².